The molecule has 1 saturated heterocycles. The Hall–Kier alpha value is -2.14. The molecule has 1 fully saturated rings. The number of carbonyl (C=O) groups excluding carboxylic acids is 1. The van der Waals surface area contributed by atoms with Crippen molar-refractivity contribution in [2.75, 3.05) is 18.4 Å². The molecular formula is C15H17N3O2. The van der Waals surface area contributed by atoms with Gasteiger partial charge in [-0.15, -0.1) is 0 Å². The first-order valence-corrected chi connectivity index (χ1v) is 6.84. The van der Waals surface area contributed by atoms with E-state index in [1.54, 1.807) is 18.3 Å². The molecule has 0 saturated carbocycles. The average Bonchev–Trinajstić information content (AvgIpc) is 2.91. The van der Waals surface area contributed by atoms with E-state index in [-0.39, 0.29) is 11.5 Å². The molecule has 2 aromatic rings. The van der Waals surface area contributed by atoms with Gasteiger partial charge in [0, 0.05) is 23.7 Å². The van der Waals surface area contributed by atoms with Gasteiger partial charge in [0.15, 0.2) is 0 Å². The SMILES string of the molecule is O=C(C[C@H]1CCNC1)Nc1ccc2c(=O)[nH]ccc2c1. The Morgan fingerprint density at radius 3 is 3.05 bits per heavy atom. The number of hydrogen-bond donors (Lipinski definition) is 3. The lowest BCUT2D eigenvalue weighted by molar-refractivity contribution is -0.116. The summed E-state index contributed by atoms with van der Waals surface area (Å²) in [6.07, 6.45) is 3.21. The largest absolute Gasteiger partial charge is 0.329 e. The van der Waals surface area contributed by atoms with Crippen molar-refractivity contribution >= 4 is 22.4 Å². The normalized spacial score (nSPS) is 18.3. The second-order valence-corrected chi connectivity index (χ2v) is 5.22. The second kappa shape index (κ2) is 5.46. The van der Waals surface area contributed by atoms with Crippen LogP contribution in [0.25, 0.3) is 10.8 Å². The van der Waals surface area contributed by atoms with Crippen molar-refractivity contribution < 1.29 is 4.79 Å². The predicted molar refractivity (Wildman–Crippen MR) is 78.8 cm³/mol. The molecule has 1 aliphatic heterocycles. The molecule has 0 radical (unpaired) electrons. The van der Waals surface area contributed by atoms with E-state index < -0.39 is 0 Å². The van der Waals surface area contributed by atoms with Crippen molar-refractivity contribution in [3.05, 3.63) is 40.8 Å². The van der Waals surface area contributed by atoms with Gasteiger partial charge in [0.2, 0.25) is 5.91 Å². The van der Waals surface area contributed by atoms with E-state index in [0.717, 1.165) is 30.6 Å². The van der Waals surface area contributed by atoms with Crippen molar-refractivity contribution in [3.8, 4) is 0 Å². The molecule has 0 unspecified atom stereocenters. The molecule has 1 atom stereocenters. The Kier molecular flexibility index (Phi) is 3.52. The number of nitrogens with one attached hydrogen (secondary N) is 3. The third-order valence-corrected chi connectivity index (χ3v) is 3.69. The van der Waals surface area contributed by atoms with Gasteiger partial charge in [-0.25, -0.2) is 0 Å². The van der Waals surface area contributed by atoms with E-state index in [1.807, 2.05) is 12.1 Å². The van der Waals surface area contributed by atoms with Gasteiger partial charge < -0.3 is 15.6 Å². The van der Waals surface area contributed by atoms with Crippen molar-refractivity contribution in [1.29, 1.82) is 0 Å². The fourth-order valence-corrected chi connectivity index (χ4v) is 2.63. The lowest BCUT2D eigenvalue weighted by Crippen LogP contribution is -2.18. The lowest BCUT2D eigenvalue weighted by atomic mass is 10.0. The lowest BCUT2D eigenvalue weighted by Gasteiger charge is -2.09. The van der Waals surface area contributed by atoms with Crippen LogP contribution in [0, 0.1) is 5.92 Å². The van der Waals surface area contributed by atoms with Gasteiger partial charge in [-0.2, -0.15) is 0 Å². The maximum absolute atomic E-state index is 12.0. The van der Waals surface area contributed by atoms with Crippen LogP contribution < -0.4 is 16.2 Å². The molecule has 1 amide bonds. The summed E-state index contributed by atoms with van der Waals surface area (Å²) in [4.78, 5) is 26.2. The number of rotatable bonds is 3. The smallest absolute Gasteiger partial charge is 0.255 e. The first-order valence-electron chi connectivity index (χ1n) is 6.84. The fourth-order valence-electron chi connectivity index (χ4n) is 2.63. The summed E-state index contributed by atoms with van der Waals surface area (Å²) in [5.41, 5.74) is 0.622. The molecule has 20 heavy (non-hydrogen) atoms. The van der Waals surface area contributed by atoms with Gasteiger partial charge in [-0.05, 0) is 55.1 Å². The quantitative estimate of drug-likeness (QED) is 0.791. The Labute approximate surface area is 116 Å². The maximum Gasteiger partial charge on any atom is 0.255 e. The number of H-pyrrole nitrogens is 1. The van der Waals surface area contributed by atoms with Gasteiger partial charge in [0.25, 0.3) is 5.56 Å². The minimum absolute atomic E-state index is 0.0305. The number of hydrogen-bond acceptors (Lipinski definition) is 3. The van der Waals surface area contributed by atoms with Crippen molar-refractivity contribution in [2.45, 2.75) is 12.8 Å². The molecule has 0 bridgehead atoms. The fraction of sp³-hybridized carbons (Fsp3) is 0.333. The van der Waals surface area contributed by atoms with E-state index in [9.17, 15) is 9.59 Å². The van der Waals surface area contributed by atoms with Gasteiger partial charge in [-0.3, -0.25) is 9.59 Å². The minimum atomic E-state index is -0.114. The van der Waals surface area contributed by atoms with E-state index >= 15 is 0 Å². The monoisotopic (exact) mass is 271 g/mol. The topological polar surface area (TPSA) is 74.0 Å². The highest BCUT2D eigenvalue weighted by Gasteiger charge is 2.18. The van der Waals surface area contributed by atoms with Crippen LogP contribution in [0.5, 0.6) is 0 Å². The molecule has 5 nitrogen and oxygen atoms in total. The molecule has 3 rings (SSSR count). The van der Waals surface area contributed by atoms with E-state index in [1.165, 1.54) is 0 Å². The van der Waals surface area contributed by atoms with Crippen LogP contribution in [0.15, 0.2) is 35.3 Å². The number of aromatic amines is 1. The summed E-state index contributed by atoms with van der Waals surface area (Å²) in [5.74, 6) is 0.459. The zero-order valence-electron chi connectivity index (χ0n) is 11.1. The van der Waals surface area contributed by atoms with Crippen LogP contribution in [-0.2, 0) is 4.79 Å². The third-order valence-electron chi connectivity index (χ3n) is 3.69. The van der Waals surface area contributed by atoms with Crippen LogP contribution in [0.3, 0.4) is 0 Å². The Bertz CT molecular complexity index is 687. The van der Waals surface area contributed by atoms with Gasteiger partial charge in [0.1, 0.15) is 0 Å². The Morgan fingerprint density at radius 1 is 1.35 bits per heavy atom. The number of aromatic nitrogens is 1. The number of amides is 1. The van der Waals surface area contributed by atoms with Crippen LogP contribution in [0.4, 0.5) is 5.69 Å². The summed E-state index contributed by atoms with van der Waals surface area (Å²) >= 11 is 0. The highest BCUT2D eigenvalue weighted by atomic mass is 16.1. The van der Waals surface area contributed by atoms with Crippen molar-refractivity contribution in [3.63, 3.8) is 0 Å². The number of carbonyl (C=O) groups is 1. The highest BCUT2D eigenvalue weighted by Crippen LogP contribution is 2.18. The summed E-state index contributed by atoms with van der Waals surface area (Å²) in [6.45, 7) is 1.91. The molecule has 5 heteroatoms. The van der Waals surface area contributed by atoms with Gasteiger partial charge in [0.05, 0.1) is 0 Å². The van der Waals surface area contributed by atoms with Gasteiger partial charge >= 0.3 is 0 Å². The summed E-state index contributed by atoms with van der Waals surface area (Å²) < 4.78 is 0. The third kappa shape index (κ3) is 2.72. The minimum Gasteiger partial charge on any atom is -0.329 e. The Balaban J connectivity index is 1.74. The number of pyridine rings is 1. The van der Waals surface area contributed by atoms with Crippen LogP contribution in [-0.4, -0.2) is 24.0 Å². The first-order chi connectivity index (χ1) is 9.72. The molecule has 0 spiro atoms. The second-order valence-electron chi connectivity index (χ2n) is 5.22. The maximum atomic E-state index is 12.0. The molecule has 2 heterocycles. The highest BCUT2D eigenvalue weighted by molar-refractivity contribution is 5.94. The van der Waals surface area contributed by atoms with Crippen LogP contribution >= 0.6 is 0 Å². The molecular weight excluding hydrogens is 254 g/mol. The number of fused-ring (bicyclic) bond motifs is 1. The predicted octanol–water partition coefficient (Wildman–Crippen LogP) is 1.47. The number of benzene rings is 1. The van der Waals surface area contributed by atoms with E-state index in [4.69, 9.17) is 0 Å². The molecule has 3 N–H and O–H groups in total. The summed E-state index contributed by atoms with van der Waals surface area (Å²) in [6, 6.07) is 7.16. The summed E-state index contributed by atoms with van der Waals surface area (Å²) in [7, 11) is 0. The molecule has 1 aromatic heterocycles. The number of anilines is 1. The molecule has 1 aromatic carbocycles. The van der Waals surface area contributed by atoms with E-state index in [0.29, 0.717) is 17.7 Å². The Morgan fingerprint density at radius 2 is 2.25 bits per heavy atom. The first kappa shape index (κ1) is 12.9. The standard InChI is InChI=1S/C15H17N3O2/c19-14(7-10-3-5-16-9-10)18-12-1-2-13-11(8-12)4-6-17-15(13)20/h1-2,4,6,8,10,16H,3,5,7,9H2,(H,17,20)(H,18,19)/t10-/m1/s1. The van der Waals surface area contributed by atoms with Crippen LogP contribution in [0.1, 0.15) is 12.8 Å². The molecule has 1 aliphatic rings. The summed E-state index contributed by atoms with van der Waals surface area (Å²) in [5, 5.41) is 7.61. The van der Waals surface area contributed by atoms with Crippen molar-refractivity contribution in [2.24, 2.45) is 5.92 Å². The van der Waals surface area contributed by atoms with E-state index in [2.05, 4.69) is 15.6 Å². The zero-order valence-corrected chi connectivity index (χ0v) is 11.1. The zero-order chi connectivity index (χ0) is 13.9. The average molecular weight is 271 g/mol. The molecule has 104 valence electrons. The van der Waals surface area contributed by atoms with Gasteiger partial charge in [-0.1, -0.05) is 0 Å². The van der Waals surface area contributed by atoms with Crippen molar-refractivity contribution in [1.82, 2.24) is 10.3 Å². The molecule has 0 aliphatic carbocycles. The van der Waals surface area contributed by atoms with Crippen LogP contribution in [0.2, 0.25) is 0 Å².